The number of aliphatic hydroxyl groups excluding tert-OH is 1. The van der Waals surface area contributed by atoms with E-state index in [0.29, 0.717) is 42.7 Å². The maximum atomic E-state index is 13.1. The highest BCUT2D eigenvalue weighted by Crippen LogP contribution is 2.36. The van der Waals surface area contributed by atoms with Gasteiger partial charge in [0, 0.05) is 24.9 Å². The molecule has 8 heteroatoms. The molecule has 7 nitrogen and oxygen atoms in total. The van der Waals surface area contributed by atoms with Crippen molar-refractivity contribution in [3.63, 3.8) is 0 Å². The van der Waals surface area contributed by atoms with Crippen LogP contribution in [0.5, 0.6) is 11.5 Å². The number of ketones is 1. The largest absolute Gasteiger partial charge is 0.486 e. The average molecular weight is 455 g/mol. The van der Waals surface area contributed by atoms with E-state index in [-0.39, 0.29) is 18.1 Å². The minimum atomic E-state index is -0.806. The Hall–Kier alpha value is -2.68. The zero-order valence-corrected chi connectivity index (χ0v) is 18.6. The van der Waals surface area contributed by atoms with Crippen LogP contribution in [0.2, 0.25) is 0 Å². The van der Waals surface area contributed by atoms with E-state index in [1.165, 1.54) is 11.3 Å². The zero-order valence-electron chi connectivity index (χ0n) is 17.7. The molecule has 0 aliphatic carbocycles. The second kappa shape index (κ2) is 9.44. The minimum Gasteiger partial charge on any atom is -0.486 e. The van der Waals surface area contributed by atoms with Crippen LogP contribution in [-0.4, -0.2) is 53.8 Å². The molecular weight excluding hydrogens is 428 g/mol. The molecule has 1 saturated heterocycles. The van der Waals surface area contributed by atoms with E-state index in [2.05, 4.69) is 10.1 Å². The first-order chi connectivity index (χ1) is 15.7. The number of thiophene rings is 1. The fourth-order valence-electron chi connectivity index (χ4n) is 4.37. The Kier molecular flexibility index (Phi) is 6.25. The monoisotopic (exact) mass is 454 g/mol. The van der Waals surface area contributed by atoms with Gasteiger partial charge in [0.1, 0.15) is 18.9 Å². The van der Waals surface area contributed by atoms with Crippen LogP contribution in [-0.2, 0) is 0 Å². The van der Waals surface area contributed by atoms with Crippen LogP contribution in [0.4, 0.5) is 0 Å². The third-order valence-corrected chi connectivity index (χ3v) is 6.94. The Morgan fingerprint density at radius 3 is 2.72 bits per heavy atom. The highest BCUT2D eigenvalue weighted by atomic mass is 32.1. The molecule has 5 rings (SSSR count). The van der Waals surface area contributed by atoms with Crippen molar-refractivity contribution in [2.45, 2.75) is 25.4 Å². The summed E-state index contributed by atoms with van der Waals surface area (Å²) in [5.41, 5.74) is 1.03. The summed E-state index contributed by atoms with van der Waals surface area (Å²) in [6, 6.07) is 11.1. The molecule has 0 radical (unpaired) electrons. The lowest BCUT2D eigenvalue weighted by molar-refractivity contribution is 0.0666. The molecule has 1 N–H and O–H groups in total. The first-order valence-electron chi connectivity index (χ1n) is 11.0. The highest BCUT2D eigenvalue weighted by Gasteiger charge is 2.29. The van der Waals surface area contributed by atoms with Gasteiger partial charge in [0.2, 0.25) is 0 Å². The van der Waals surface area contributed by atoms with Crippen LogP contribution in [0, 0.1) is 5.92 Å². The zero-order chi connectivity index (χ0) is 21.9. The SMILES string of the molecule is O=C(C[C@H](CN1CCCC1)[C@H](O)c1ccc2c(c1)OCCO2)c1cc(-c2cccs2)on1. The van der Waals surface area contributed by atoms with Crippen molar-refractivity contribution < 1.29 is 23.9 Å². The summed E-state index contributed by atoms with van der Waals surface area (Å²) in [5.74, 6) is 1.51. The van der Waals surface area contributed by atoms with Crippen LogP contribution >= 0.6 is 11.3 Å². The third kappa shape index (κ3) is 4.57. The number of aromatic nitrogens is 1. The predicted molar refractivity (Wildman–Crippen MR) is 120 cm³/mol. The normalized spacial score (nSPS) is 17.9. The lowest BCUT2D eigenvalue weighted by Gasteiger charge is -2.28. The van der Waals surface area contributed by atoms with Gasteiger partial charge in [0.25, 0.3) is 0 Å². The molecule has 1 fully saturated rings. The van der Waals surface area contributed by atoms with Gasteiger partial charge in [0.15, 0.2) is 23.0 Å². The van der Waals surface area contributed by atoms with Crippen molar-refractivity contribution in [2.24, 2.45) is 5.92 Å². The summed E-state index contributed by atoms with van der Waals surface area (Å²) in [6.07, 6.45) is 1.67. The quantitative estimate of drug-likeness (QED) is 0.511. The number of aliphatic hydroxyl groups is 1. The van der Waals surface area contributed by atoms with E-state index in [1.807, 2.05) is 35.7 Å². The van der Waals surface area contributed by atoms with Gasteiger partial charge in [-0.1, -0.05) is 17.3 Å². The second-order valence-corrected chi connectivity index (χ2v) is 9.24. The lowest BCUT2D eigenvalue weighted by Crippen LogP contribution is -2.32. The number of carbonyl (C=O) groups is 1. The Bertz CT molecular complexity index is 1060. The number of likely N-dealkylation sites (tertiary alicyclic amines) is 1. The molecule has 0 spiro atoms. The molecule has 0 unspecified atom stereocenters. The number of nitrogens with zero attached hydrogens (tertiary/aromatic N) is 2. The molecule has 2 atom stereocenters. The summed E-state index contributed by atoms with van der Waals surface area (Å²) in [5, 5.41) is 17.2. The fraction of sp³-hybridized carbons (Fsp3) is 0.417. The van der Waals surface area contributed by atoms with Gasteiger partial charge in [-0.05, 0) is 55.1 Å². The number of rotatable bonds is 8. The predicted octanol–water partition coefficient (Wildman–Crippen LogP) is 4.19. The molecule has 4 heterocycles. The Morgan fingerprint density at radius 2 is 1.94 bits per heavy atom. The maximum Gasteiger partial charge on any atom is 0.185 e. The summed E-state index contributed by atoms with van der Waals surface area (Å²) in [4.78, 5) is 16.3. The molecule has 2 aliphatic heterocycles. The fourth-order valence-corrected chi connectivity index (χ4v) is 5.05. The van der Waals surface area contributed by atoms with Gasteiger partial charge in [-0.2, -0.15) is 0 Å². The summed E-state index contributed by atoms with van der Waals surface area (Å²) in [6.45, 7) is 3.64. The van der Waals surface area contributed by atoms with E-state index < -0.39 is 6.10 Å². The van der Waals surface area contributed by atoms with E-state index in [4.69, 9.17) is 14.0 Å². The van der Waals surface area contributed by atoms with Crippen LogP contribution in [0.15, 0.2) is 46.3 Å². The number of fused-ring (bicyclic) bond motifs is 1. The van der Waals surface area contributed by atoms with E-state index in [0.717, 1.165) is 36.4 Å². The Labute approximate surface area is 190 Å². The summed E-state index contributed by atoms with van der Waals surface area (Å²) < 4.78 is 16.7. The number of hydrogen-bond acceptors (Lipinski definition) is 8. The molecular formula is C24H26N2O5S. The number of hydrogen-bond donors (Lipinski definition) is 1. The smallest absolute Gasteiger partial charge is 0.185 e. The molecule has 0 amide bonds. The average Bonchev–Trinajstić information content (AvgIpc) is 3.60. The standard InChI is InChI=1S/C24H26N2O5S/c27-19(18-14-22(31-25-18)23-4-3-11-32-23)12-17(15-26-7-1-2-8-26)24(28)16-5-6-20-21(13-16)30-10-9-29-20/h3-6,11,13-14,17,24,28H,1-2,7-10,12,15H2/t17-,24-/m1/s1. The van der Waals surface area contributed by atoms with Crippen molar-refractivity contribution in [1.82, 2.24) is 10.1 Å². The lowest BCUT2D eigenvalue weighted by atomic mass is 9.89. The molecule has 0 saturated carbocycles. The van der Waals surface area contributed by atoms with Gasteiger partial charge in [0.05, 0.1) is 11.0 Å². The summed E-state index contributed by atoms with van der Waals surface area (Å²) >= 11 is 1.54. The van der Waals surface area contributed by atoms with E-state index in [9.17, 15) is 9.90 Å². The van der Waals surface area contributed by atoms with E-state index >= 15 is 0 Å². The number of ether oxygens (including phenoxy) is 2. The molecule has 3 aromatic rings. The molecule has 1 aromatic carbocycles. The molecule has 0 bridgehead atoms. The number of carbonyl (C=O) groups excluding carboxylic acids is 1. The first-order valence-corrected chi connectivity index (χ1v) is 11.9. The van der Waals surface area contributed by atoms with Crippen molar-refractivity contribution in [3.05, 3.63) is 53.0 Å². The Balaban J connectivity index is 1.35. The number of benzene rings is 1. The van der Waals surface area contributed by atoms with Crippen LogP contribution in [0.3, 0.4) is 0 Å². The first kappa shape index (κ1) is 21.2. The number of Topliss-reactive ketones (excluding diaryl/α,β-unsaturated/α-hetero) is 1. The van der Waals surface area contributed by atoms with Crippen molar-refractivity contribution >= 4 is 17.1 Å². The van der Waals surface area contributed by atoms with Gasteiger partial charge in [-0.25, -0.2) is 0 Å². The highest BCUT2D eigenvalue weighted by molar-refractivity contribution is 7.13. The topological polar surface area (TPSA) is 85.0 Å². The van der Waals surface area contributed by atoms with Crippen LogP contribution in [0.1, 0.15) is 41.4 Å². The minimum absolute atomic E-state index is 0.127. The van der Waals surface area contributed by atoms with Crippen molar-refractivity contribution in [1.29, 1.82) is 0 Å². The third-order valence-electron chi connectivity index (χ3n) is 6.05. The Morgan fingerprint density at radius 1 is 1.12 bits per heavy atom. The molecule has 2 aromatic heterocycles. The second-order valence-electron chi connectivity index (χ2n) is 8.30. The molecule has 2 aliphatic rings. The summed E-state index contributed by atoms with van der Waals surface area (Å²) in [7, 11) is 0. The van der Waals surface area contributed by atoms with Crippen molar-refractivity contribution in [2.75, 3.05) is 32.8 Å². The van der Waals surface area contributed by atoms with Gasteiger partial charge in [-0.15, -0.1) is 11.3 Å². The molecule has 32 heavy (non-hydrogen) atoms. The van der Waals surface area contributed by atoms with E-state index in [1.54, 1.807) is 6.07 Å². The van der Waals surface area contributed by atoms with Gasteiger partial charge >= 0.3 is 0 Å². The maximum absolute atomic E-state index is 13.1. The molecule has 168 valence electrons. The van der Waals surface area contributed by atoms with Gasteiger partial charge < -0.3 is 24.0 Å². The van der Waals surface area contributed by atoms with Crippen LogP contribution in [0.25, 0.3) is 10.6 Å². The van der Waals surface area contributed by atoms with Crippen LogP contribution < -0.4 is 9.47 Å². The van der Waals surface area contributed by atoms with Gasteiger partial charge in [-0.3, -0.25) is 4.79 Å². The van der Waals surface area contributed by atoms with Crippen molar-refractivity contribution in [3.8, 4) is 22.1 Å².